The lowest BCUT2D eigenvalue weighted by atomic mass is 10.0. The first kappa shape index (κ1) is 23.9. The fourth-order valence-electron chi connectivity index (χ4n) is 6.00. The predicted octanol–water partition coefficient (Wildman–Crippen LogP) is 4.15. The van der Waals surface area contributed by atoms with E-state index in [2.05, 4.69) is 51.6 Å². The molecule has 7 rings (SSSR count). The van der Waals surface area contributed by atoms with Crippen LogP contribution in [0.2, 0.25) is 0 Å². The molecule has 0 unspecified atom stereocenters. The highest BCUT2D eigenvalue weighted by Gasteiger charge is 2.27. The number of carbonyl (C=O) groups is 1. The second-order valence-corrected chi connectivity index (χ2v) is 10.6. The zero-order chi connectivity index (χ0) is 26.5. The van der Waals surface area contributed by atoms with Crippen molar-refractivity contribution in [2.45, 2.75) is 38.6 Å². The summed E-state index contributed by atoms with van der Waals surface area (Å²) in [5.74, 6) is 1.54. The molecule has 1 amide bonds. The zero-order valence-electron chi connectivity index (χ0n) is 21.7. The van der Waals surface area contributed by atoms with E-state index in [4.69, 9.17) is 15.5 Å². The quantitative estimate of drug-likeness (QED) is 0.362. The lowest BCUT2D eigenvalue weighted by Crippen LogP contribution is -2.45. The Hall–Kier alpha value is -4.14. The molecule has 0 saturated carbocycles. The Morgan fingerprint density at radius 1 is 1.05 bits per heavy atom. The van der Waals surface area contributed by atoms with Crippen molar-refractivity contribution < 1.29 is 14.6 Å². The van der Waals surface area contributed by atoms with Crippen LogP contribution < -0.4 is 10.5 Å². The predicted molar refractivity (Wildman–Crippen MR) is 151 cm³/mol. The molecule has 0 spiro atoms. The van der Waals surface area contributed by atoms with Gasteiger partial charge >= 0.3 is 0 Å². The molecule has 39 heavy (non-hydrogen) atoms. The van der Waals surface area contributed by atoms with Gasteiger partial charge in [-0.3, -0.25) is 4.79 Å². The molecule has 5 aromatic rings. The van der Waals surface area contributed by atoms with Crippen LogP contribution in [0.25, 0.3) is 33.5 Å². The lowest BCUT2D eigenvalue weighted by Gasteiger charge is -2.31. The van der Waals surface area contributed by atoms with Crippen molar-refractivity contribution in [1.29, 1.82) is 0 Å². The van der Waals surface area contributed by atoms with Gasteiger partial charge in [0.05, 0.1) is 24.4 Å². The smallest absolute Gasteiger partial charge is 0.254 e. The molecule has 0 bridgehead atoms. The molecule has 198 valence electrons. The molecule has 2 aliphatic rings. The number of nitrogens with two attached hydrogens (primary N) is 1. The second kappa shape index (κ2) is 9.55. The molecule has 0 radical (unpaired) electrons. The summed E-state index contributed by atoms with van der Waals surface area (Å²) in [5, 5.41) is 10.6. The van der Waals surface area contributed by atoms with Crippen molar-refractivity contribution in [1.82, 2.24) is 19.0 Å². The Kier molecular flexibility index (Phi) is 5.86. The molecule has 8 nitrogen and oxygen atoms in total. The first-order chi connectivity index (χ1) is 19.1. The summed E-state index contributed by atoms with van der Waals surface area (Å²) in [6.45, 7) is 3.19. The number of para-hydroxylation sites is 1. The number of aliphatic hydroxyl groups excluding tert-OH is 1. The van der Waals surface area contributed by atoms with Gasteiger partial charge in [0.15, 0.2) is 5.82 Å². The van der Waals surface area contributed by atoms with Crippen molar-refractivity contribution >= 4 is 27.8 Å². The lowest BCUT2D eigenvalue weighted by molar-refractivity contribution is 0.0708. The molecular formula is C31H31N5O3. The first-order valence-corrected chi connectivity index (χ1v) is 13.6. The highest BCUT2D eigenvalue weighted by molar-refractivity contribution is 6.00. The summed E-state index contributed by atoms with van der Waals surface area (Å²) < 4.78 is 10.6. The number of aliphatic hydroxyl groups is 1. The van der Waals surface area contributed by atoms with E-state index in [0.717, 1.165) is 64.0 Å². The van der Waals surface area contributed by atoms with Gasteiger partial charge in [-0.1, -0.05) is 42.5 Å². The van der Waals surface area contributed by atoms with E-state index >= 15 is 0 Å². The summed E-state index contributed by atoms with van der Waals surface area (Å²) >= 11 is 0. The number of rotatable bonds is 5. The molecule has 1 saturated heterocycles. The molecule has 2 aliphatic heterocycles. The molecule has 4 heterocycles. The van der Waals surface area contributed by atoms with E-state index in [0.29, 0.717) is 37.6 Å². The van der Waals surface area contributed by atoms with E-state index < -0.39 is 0 Å². The standard InChI is InChI=1S/C31H31N5O3/c32-24-5-3-11-34(18-24)31(38)23-14-25-29-28(16-23)39-13-12-35(29)30(33-25)27-15-22-4-1-2-6-26(22)36(27)17-20-7-9-21(19-37)10-8-20/h1-2,4,6-10,14-16,24,37H,3,5,11-13,17-19,32H2/t24-/m1/s1. The van der Waals surface area contributed by atoms with Crippen LogP contribution >= 0.6 is 0 Å². The molecular weight excluding hydrogens is 490 g/mol. The van der Waals surface area contributed by atoms with Crippen LogP contribution in [0.15, 0.2) is 66.7 Å². The maximum atomic E-state index is 13.4. The largest absolute Gasteiger partial charge is 0.489 e. The molecule has 0 aliphatic carbocycles. The van der Waals surface area contributed by atoms with Crippen LogP contribution in [0, 0.1) is 0 Å². The van der Waals surface area contributed by atoms with Crippen molar-refractivity contribution in [2.24, 2.45) is 5.73 Å². The van der Waals surface area contributed by atoms with Gasteiger partial charge in [0.25, 0.3) is 5.91 Å². The number of aromatic nitrogens is 3. The van der Waals surface area contributed by atoms with Crippen LogP contribution in [0.5, 0.6) is 5.75 Å². The van der Waals surface area contributed by atoms with Gasteiger partial charge < -0.3 is 29.6 Å². The Morgan fingerprint density at radius 2 is 1.87 bits per heavy atom. The minimum absolute atomic E-state index is 0.0194. The number of ether oxygens (including phenoxy) is 1. The Balaban J connectivity index is 1.35. The summed E-state index contributed by atoms with van der Waals surface area (Å²) in [6, 6.07) is 22.4. The van der Waals surface area contributed by atoms with Gasteiger partial charge in [0.2, 0.25) is 0 Å². The van der Waals surface area contributed by atoms with E-state index in [-0.39, 0.29) is 18.6 Å². The topological polar surface area (TPSA) is 98.5 Å². The molecule has 1 atom stereocenters. The molecule has 1 fully saturated rings. The van der Waals surface area contributed by atoms with E-state index in [9.17, 15) is 9.90 Å². The van der Waals surface area contributed by atoms with Crippen LogP contribution in [0.4, 0.5) is 0 Å². The number of piperidine rings is 1. The van der Waals surface area contributed by atoms with Crippen LogP contribution in [0.3, 0.4) is 0 Å². The van der Waals surface area contributed by atoms with Crippen LogP contribution in [-0.4, -0.2) is 55.8 Å². The Morgan fingerprint density at radius 3 is 2.69 bits per heavy atom. The highest BCUT2D eigenvalue weighted by atomic mass is 16.5. The average Bonchev–Trinajstić information content (AvgIpc) is 3.52. The third-order valence-electron chi connectivity index (χ3n) is 7.96. The maximum Gasteiger partial charge on any atom is 0.254 e. The SMILES string of the molecule is N[C@@H]1CCCN(C(=O)c2cc3c4c(c2)nc(-c2cc5ccccc5n2Cc2ccc(CO)cc2)n4CCO3)C1. The number of nitrogens with zero attached hydrogens (tertiary/aromatic N) is 4. The van der Waals surface area contributed by atoms with Gasteiger partial charge in [-0.25, -0.2) is 4.98 Å². The fourth-order valence-corrected chi connectivity index (χ4v) is 6.00. The number of fused-ring (bicyclic) bond motifs is 1. The third-order valence-corrected chi connectivity index (χ3v) is 7.96. The average molecular weight is 522 g/mol. The third kappa shape index (κ3) is 4.16. The number of benzene rings is 3. The van der Waals surface area contributed by atoms with E-state index in [1.165, 1.54) is 0 Å². The minimum atomic E-state index is -0.0194. The Labute approximate surface area is 226 Å². The number of amides is 1. The molecule has 3 aromatic carbocycles. The second-order valence-electron chi connectivity index (χ2n) is 10.6. The number of likely N-dealkylation sites (tertiary alicyclic amines) is 1. The normalized spacial score (nSPS) is 17.1. The number of hydrogen-bond donors (Lipinski definition) is 2. The van der Waals surface area contributed by atoms with Gasteiger partial charge in [-0.2, -0.15) is 0 Å². The molecule has 3 N–H and O–H groups in total. The van der Waals surface area contributed by atoms with E-state index in [1.807, 2.05) is 29.2 Å². The Bertz CT molecular complexity index is 1700. The van der Waals surface area contributed by atoms with E-state index in [1.54, 1.807) is 0 Å². The summed E-state index contributed by atoms with van der Waals surface area (Å²) in [6.07, 6.45) is 1.87. The van der Waals surface area contributed by atoms with Crippen molar-refractivity contribution in [3.05, 3.63) is 83.4 Å². The van der Waals surface area contributed by atoms with Crippen LogP contribution in [0.1, 0.15) is 34.3 Å². The van der Waals surface area contributed by atoms with Gasteiger partial charge in [0, 0.05) is 42.1 Å². The van der Waals surface area contributed by atoms with Gasteiger partial charge in [-0.05, 0) is 48.2 Å². The van der Waals surface area contributed by atoms with Crippen molar-refractivity contribution in [3.8, 4) is 17.3 Å². The number of carbonyl (C=O) groups excluding carboxylic acids is 1. The monoisotopic (exact) mass is 521 g/mol. The minimum Gasteiger partial charge on any atom is -0.489 e. The zero-order valence-corrected chi connectivity index (χ0v) is 21.7. The summed E-state index contributed by atoms with van der Waals surface area (Å²) in [4.78, 5) is 20.4. The van der Waals surface area contributed by atoms with Crippen molar-refractivity contribution in [2.75, 3.05) is 19.7 Å². The number of hydrogen-bond acceptors (Lipinski definition) is 5. The van der Waals surface area contributed by atoms with Crippen LogP contribution in [-0.2, 0) is 19.7 Å². The number of imidazole rings is 1. The van der Waals surface area contributed by atoms with Gasteiger partial charge in [0.1, 0.15) is 17.9 Å². The summed E-state index contributed by atoms with van der Waals surface area (Å²) in [5.41, 5.74) is 12.6. The van der Waals surface area contributed by atoms with Gasteiger partial charge in [-0.15, -0.1) is 0 Å². The fraction of sp³-hybridized carbons (Fsp3) is 0.290. The molecule has 8 heteroatoms. The molecule has 2 aromatic heterocycles. The highest BCUT2D eigenvalue weighted by Crippen LogP contribution is 2.37. The maximum absolute atomic E-state index is 13.4. The first-order valence-electron chi connectivity index (χ1n) is 13.6. The summed E-state index contributed by atoms with van der Waals surface area (Å²) in [7, 11) is 0. The van der Waals surface area contributed by atoms with Crippen molar-refractivity contribution in [3.63, 3.8) is 0 Å².